The summed E-state index contributed by atoms with van der Waals surface area (Å²) >= 11 is 0. The number of carbonyl (C=O) groups excluding carboxylic acids is 2. The van der Waals surface area contributed by atoms with Crippen LogP contribution in [0.5, 0.6) is 0 Å². The summed E-state index contributed by atoms with van der Waals surface area (Å²) in [6.45, 7) is 3.71. The van der Waals surface area contributed by atoms with Gasteiger partial charge in [0.05, 0.1) is 0 Å². The fourth-order valence-electron chi connectivity index (χ4n) is 1.62. The van der Waals surface area contributed by atoms with Crippen molar-refractivity contribution in [2.24, 2.45) is 0 Å². The second kappa shape index (κ2) is 4.92. The summed E-state index contributed by atoms with van der Waals surface area (Å²) in [5.41, 5.74) is 2.36. The lowest BCUT2D eigenvalue weighted by molar-refractivity contribution is 0.0814. The van der Waals surface area contributed by atoms with Crippen molar-refractivity contribution in [3.63, 3.8) is 0 Å². The third kappa shape index (κ3) is 2.51. The van der Waals surface area contributed by atoms with Crippen LogP contribution >= 0.6 is 0 Å². The van der Waals surface area contributed by atoms with E-state index in [0.29, 0.717) is 5.56 Å². The van der Waals surface area contributed by atoms with Gasteiger partial charge in [-0.1, -0.05) is 35.9 Å². The molecule has 0 atom stereocenters. The second-order valence-electron chi connectivity index (χ2n) is 4.19. The van der Waals surface area contributed by atoms with E-state index >= 15 is 0 Å². The van der Waals surface area contributed by atoms with E-state index in [2.05, 4.69) is 4.98 Å². The highest BCUT2D eigenvalue weighted by Crippen LogP contribution is 2.08. The smallest absolute Gasteiger partial charge is 0.251 e. The number of hydrogen-bond acceptors (Lipinski definition) is 3. The van der Waals surface area contributed by atoms with Gasteiger partial charge < -0.3 is 0 Å². The molecule has 3 nitrogen and oxygen atoms in total. The lowest BCUT2D eigenvalue weighted by Gasteiger charge is -2.01. The summed E-state index contributed by atoms with van der Waals surface area (Å²) in [7, 11) is 0. The lowest BCUT2D eigenvalue weighted by Crippen LogP contribution is -2.16. The van der Waals surface area contributed by atoms with Gasteiger partial charge in [-0.3, -0.25) is 9.59 Å². The summed E-state index contributed by atoms with van der Waals surface area (Å²) in [5, 5.41) is 0. The molecule has 18 heavy (non-hydrogen) atoms. The zero-order valence-electron chi connectivity index (χ0n) is 10.3. The largest absolute Gasteiger partial charge is 0.285 e. The summed E-state index contributed by atoms with van der Waals surface area (Å²) in [6, 6.07) is 12.0. The second-order valence-corrected chi connectivity index (χ2v) is 4.19. The average Bonchev–Trinajstić information content (AvgIpc) is 2.38. The number of Topliss-reactive ketones (excluding diaryl/α,β-unsaturated/α-hetero) is 2. The topological polar surface area (TPSA) is 47.0 Å². The SMILES string of the molecule is Cc1ccc(C(=O)C(=O)c2cccc(C)n2)cc1. The highest BCUT2D eigenvalue weighted by atomic mass is 16.2. The van der Waals surface area contributed by atoms with Crippen LogP contribution in [-0.4, -0.2) is 16.6 Å². The summed E-state index contributed by atoms with van der Waals surface area (Å²) < 4.78 is 0. The first-order valence-corrected chi connectivity index (χ1v) is 5.67. The lowest BCUT2D eigenvalue weighted by atomic mass is 10.0. The molecule has 0 unspecified atom stereocenters. The van der Waals surface area contributed by atoms with Crippen molar-refractivity contribution in [1.29, 1.82) is 0 Å². The molecular weight excluding hydrogens is 226 g/mol. The van der Waals surface area contributed by atoms with E-state index in [1.165, 1.54) is 0 Å². The molecule has 2 aromatic rings. The van der Waals surface area contributed by atoms with Crippen molar-refractivity contribution in [3.8, 4) is 0 Å². The Morgan fingerprint density at radius 1 is 0.889 bits per heavy atom. The van der Waals surface area contributed by atoms with Gasteiger partial charge in [0, 0.05) is 11.3 Å². The van der Waals surface area contributed by atoms with Gasteiger partial charge in [0.25, 0.3) is 5.78 Å². The number of rotatable bonds is 3. The van der Waals surface area contributed by atoms with Crippen LogP contribution in [0.4, 0.5) is 0 Å². The van der Waals surface area contributed by atoms with Crippen LogP contribution in [0.3, 0.4) is 0 Å². The molecule has 0 saturated carbocycles. The molecule has 0 bridgehead atoms. The van der Waals surface area contributed by atoms with E-state index in [4.69, 9.17) is 0 Å². The first-order chi connectivity index (χ1) is 8.58. The highest BCUT2D eigenvalue weighted by molar-refractivity contribution is 6.48. The number of pyridine rings is 1. The fraction of sp³-hybridized carbons (Fsp3) is 0.133. The molecule has 1 aromatic carbocycles. The predicted octanol–water partition coefficient (Wildman–Crippen LogP) is 2.76. The van der Waals surface area contributed by atoms with Gasteiger partial charge in [-0.2, -0.15) is 0 Å². The van der Waals surface area contributed by atoms with Gasteiger partial charge in [-0.25, -0.2) is 4.98 Å². The molecule has 3 heteroatoms. The van der Waals surface area contributed by atoms with Gasteiger partial charge in [-0.15, -0.1) is 0 Å². The third-order valence-electron chi connectivity index (χ3n) is 2.64. The van der Waals surface area contributed by atoms with Gasteiger partial charge in [0.1, 0.15) is 5.69 Å². The van der Waals surface area contributed by atoms with Crippen LogP contribution in [0.15, 0.2) is 42.5 Å². The van der Waals surface area contributed by atoms with E-state index in [9.17, 15) is 9.59 Å². The van der Waals surface area contributed by atoms with E-state index in [1.807, 2.05) is 19.1 Å². The van der Waals surface area contributed by atoms with Crippen LogP contribution in [0.1, 0.15) is 32.1 Å². The van der Waals surface area contributed by atoms with Crippen molar-refractivity contribution < 1.29 is 9.59 Å². The average molecular weight is 239 g/mol. The zero-order valence-corrected chi connectivity index (χ0v) is 10.3. The summed E-state index contributed by atoms with van der Waals surface area (Å²) in [4.78, 5) is 28.0. The third-order valence-corrected chi connectivity index (χ3v) is 2.64. The monoisotopic (exact) mass is 239 g/mol. The van der Waals surface area contributed by atoms with Gasteiger partial charge in [-0.05, 0) is 26.0 Å². The van der Waals surface area contributed by atoms with Crippen LogP contribution in [0.25, 0.3) is 0 Å². The molecule has 0 aliphatic carbocycles. The molecule has 0 fully saturated rings. The van der Waals surface area contributed by atoms with Crippen molar-refractivity contribution in [2.45, 2.75) is 13.8 Å². The quantitative estimate of drug-likeness (QED) is 0.611. The molecule has 2 rings (SSSR count). The Hall–Kier alpha value is -2.29. The van der Waals surface area contributed by atoms with E-state index in [1.54, 1.807) is 37.3 Å². The molecule has 0 aliphatic heterocycles. The Labute approximate surface area is 105 Å². The maximum atomic E-state index is 12.0. The molecule has 0 saturated heterocycles. The first-order valence-electron chi connectivity index (χ1n) is 5.67. The molecule has 1 heterocycles. The van der Waals surface area contributed by atoms with Crippen LogP contribution < -0.4 is 0 Å². The number of aromatic nitrogens is 1. The van der Waals surface area contributed by atoms with Crippen LogP contribution in [-0.2, 0) is 0 Å². The van der Waals surface area contributed by atoms with Crippen LogP contribution in [0, 0.1) is 13.8 Å². The molecule has 0 amide bonds. The Morgan fingerprint density at radius 2 is 1.56 bits per heavy atom. The summed E-state index contributed by atoms with van der Waals surface area (Å²) in [6.07, 6.45) is 0. The molecule has 0 N–H and O–H groups in total. The van der Waals surface area contributed by atoms with E-state index in [-0.39, 0.29) is 5.69 Å². The Morgan fingerprint density at radius 3 is 2.17 bits per heavy atom. The number of carbonyl (C=O) groups is 2. The van der Waals surface area contributed by atoms with Gasteiger partial charge >= 0.3 is 0 Å². The molecule has 0 aliphatic rings. The normalized spacial score (nSPS) is 10.1. The Bertz CT molecular complexity index is 600. The number of nitrogens with zero attached hydrogens (tertiary/aromatic N) is 1. The number of hydrogen-bond donors (Lipinski definition) is 0. The number of aryl methyl sites for hydroxylation is 2. The highest BCUT2D eigenvalue weighted by Gasteiger charge is 2.19. The van der Waals surface area contributed by atoms with Crippen LogP contribution in [0.2, 0.25) is 0 Å². The maximum Gasteiger partial charge on any atom is 0.251 e. The van der Waals surface area contributed by atoms with E-state index in [0.717, 1.165) is 11.3 Å². The Balaban J connectivity index is 2.29. The van der Waals surface area contributed by atoms with Gasteiger partial charge in [0.15, 0.2) is 0 Å². The van der Waals surface area contributed by atoms with Crippen molar-refractivity contribution in [1.82, 2.24) is 4.98 Å². The number of ketones is 2. The molecule has 0 radical (unpaired) electrons. The zero-order chi connectivity index (χ0) is 13.1. The minimum absolute atomic E-state index is 0.195. The van der Waals surface area contributed by atoms with E-state index < -0.39 is 11.6 Å². The molecule has 1 aromatic heterocycles. The van der Waals surface area contributed by atoms with Gasteiger partial charge in [0.2, 0.25) is 5.78 Å². The predicted molar refractivity (Wildman–Crippen MR) is 68.8 cm³/mol. The minimum atomic E-state index is -0.567. The van der Waals surface area contributed by atoms with Crippen molar-refractivity contribution in [2.75, 3.05) is 0 Å². The fourth-order valence-corrected chi connectivity index (χ4v) is 1.62. The summed E-state index contributed by atoms with van der Waals surface area (Å²) in [5.74, 6) is -1.09. The van der Waals surface area contributed by atoms with Crippen molar-refractivity contribution in [3.05, 3.63) is 65.0 Å². The molecule has 0 spiro atoms. The minimum Gasteiger partial charge on any atom is -0.285 e. The Kier molecular flexibility index (Phi) is 3.33. The standard InChI is InChI=1S/C15H13NO2/c1-10-6-8-12(9-7-10)14(17)15(18)13-5-3-4-11(2)16-13/h3-9H,1-2H3. The molecule has 90 valence electrons. The number of benzene rings is 1. The maximum absolute atomic E-state index is 12.0. The van der Waals surface area contributed by atoms with Crippen molar-refractivity contribution >= 4 is 11.6 Å². The molecular formula is C15H13NO2. The first kappa shape index (κ1) is 12.2.